The molecule has 1 aliphatic rings. The molecule has 4 rings (SSSR count). The van der Waals surface area contributed by atoms with Crippen LogP contribution in [0.3, 0.4) is 0 Å². The summed E-state index contributed by atoms with van der Waals surface area (Å²) in [5.74, 6) is 0.0352. The number of nitrogens with one attached hydrogen (secondary N) is 1. The zero-order chi connectivity index (χ0) is 17.3. The fourth-order valence-electron chi connectivity index (χ4n) is 3.05. The Balaban J connectivity index is 1.43. The highest BCUT2D eigenvalue weighted by molar-refractivity contribution is 9.10. The van der Waals surface area contributed by atoms with E-state index in [-0.39, 0.29) is 11.4 Å². The summed E-state index contributed by atoms with van der Waals surface area (Å²) in [5.41, 5.74) is 2.88. The summed E-state index contributed by atoms with van der Waals surface area (Å²) in [6.07, 6.45) is 5.98. The van der Waals surface area contributed by atoms with Gasteiger partial charge in [-0.25, -0.2) is 4.68 Å². The third-order valence-corrected chi connectivity index (χ3v) is 5.08. The van der Waals surface area contributed by atoms with Crippen LogP contribution >= 0.6 is 15.9 Å². The Bertz CT molecular complexity index is 883. The standard InChI is InChI=1S/C20H18BrN3O/c21-17-8-6-16(7-9-17)20(10-11-20)23-19(25)12-15-13-22-24(14-15)18-4-2-1-3-5-18/h1-9,13-14H,10-12H2,(H,23,25). The zero-order valence-corrected chi connectivity index (χ0v) is 15.2. The Kier molecular flexibility index (Phi) is 4.17. The van der Waals surface area contributed by atoms with Gasteiger partial charge in [-0.3, -0.25) is 4.79 Å². The summed E-state index contributed by atoms with van der Waals surface area (Å²) >= 11 is 3.45. The van der Waals surface area contributed by atoms with Crippen molar-refractivity contribution in [1.82, 2.24) is 15.1 Å². The van der Waals surface area contributed by atoms with Crippen molar-refractivity contribution in [3.63, 3.8) is 0 Å². The maximum atomic E-state index is 12.5. The molecule has 5 heteroatoms. The summed E-state index contributed by atoms with van der Waals surface area (Å²) in [5, 5.41) is 7.56. The summed E-state index contributed by atoms with van der Waals surface area (Å²) in [4.78, 5) is 12.5. The van der Waals surface area contributed by atoms with Gasteiger partial charge in [-0.1, -0.05) is 46.3 Å². The molecule has 0 atom stereocenters. The average molecular weight is 396 g/mol. The molecule has 126 valence electrons. The fourth-order valence-corrected chi connectivity index (χ4v) is 3.31. The van der Waals surface area contributed by atoms with E-state index < -0.39 is 0 Å². The molecule has 0 saturated heterocycles. The molecule has 0 bridgehead atoms. The van der Waals surface area contributed by atoms with Crippen LogP contribution in [0.4, 0.5) is 0 Å². The first-order chi connectivity index (χ1) is 12.1. The van der Waals surface area contributed by atoms with Crippen LogP contribution in [-0.2, 0) is 16.8 Å². The van der Waals surface area contributed by atoms with E-state index in [1.165, 1.54) is 5.56 Å². The molecule has 3 aromatic rings. The van der Waals surface area contributed by atoms with Gasteiger partial charge in [0.15, 0.2) is 0 Å². The Morgan fingerprint density at radius 2 is 1.84 bits per heavy atom. The molecular weight excluding hydrogens is 378 g/mol. The highest BCUT2D eigenvalue weighted by atomic mass is 79.9. The van der Waals surface area contributed by atoms with E-state index in [1.54, 1.807) is 10.9 Å². The predicted molar refractivity (Wildman–Crippen MR) is 100 cm³/mol. The van der Waals surface area contributed by atoms with Crippen LogP contribution < -0.4 is 5.32 Å². The number of nitrogens with zero attached hydrogens (tertiary/aromatic N) is 2. The first-order valence-corrected chi connectivity index (χ1v) is 9.10. The molecule has 0 spiro atoms. The number of para-hydroxylation sites is 1. The number of rotatable bonds is 5. The highest BCUT2D eigenvalue weighted by Gasteiger charge is 2.45. The second-order valence-electron chi connectivity index (χ2n) is 6.44. The van der Waals surface area contributed by atoms with Crippen LogP contribution in [-0.4, -0.2) is 15.7 Å². The minimum Gasteiger partial charge on any atom is -0.346 e. The first kappa shape index (κ1) is 16.1. The molecule has 1 heterocycles. The topological polar surface area (TPSA) is 46.9 Å². The molecule has 1 N–H and O–H groups in total. The van der Waals surface area contributed by atoms with Crippen molar-refractivity contribution in [1.29, 1.82) is 0 Å². The van der Waals surface area contributed by atoms with Gasteiger partial charge in [0, 0.05) is 10.7 Å². The number of carbonyl (C=O) groups is 1. The molecule has 4 nitrogen and oxygen atoms in total. The summed E-state index contributed by atoms with van der Waals surface area (Å²) in [7, 11) is 0. The van der Waals surface area contributed by atoms with Crippen molar-refractivity contribution < 1.29 is 4.79 Å². The van der Waals surface area contributed by atoms with E-state index in [0.717, 1.165) is 28.6 Å². The smallest absolute Gasteiger partial charge is 0.225 e. The van der Waals surface area contributed by atoms with E-state index in [4.69, 9.17) is 0 Å². The number of amides is 1. The Labute approximate surface area is 155 Å². The summed E-state index contributed by atoms with van der Waals surface area (Å²) in [6, 6.07) is 18.1. The molecule has 0 radical (unpaired) electrons. The molecule has 1 fully saturated rings. The molecule has 2 aromatic carbocycles. The average Bonchev–Trinajstić information content (AvgIpc) is 3.25. The molecule has 1 amide bonds. The lowest BCUT2D eigenvalue weighted by atomic mass is 10.0. The maximum absolute atomic E-state index is 12.5. The van der Waals surface area contributed by atoms with Gasteiger partial charge in [-0.05, 0) is 48.2 Å². The van der Waals surface area contributed by atoms with Crippen LogP contribution in [0.25, 0.3) is 5.69 Å². The number of halogens is 1. The lowest BCUT2D eigenvalue weighted by molar-refractivity contribution is -0.121. The Morgan fingerprint density at radius 3 is 2.52 bits per heavy atom. The largest absolute Gasteiger partial charge is 0.346 e. The van der Waals surface area contributed by atoms with Crippen molar-refractivity contribution in [3.8, 4) is 5.69 Å². The normalized spacial score (nSPS) is 14.9. The molecule has 0 aliphatic heterocycles. The third-order valence-electron chi connectivity index (χ3n) is 4.55. The fraction of sp³-hybridized carbons (Fsp3) is 0.200. The number of aromatic nitrogens is 2. The minimum atomic E-state index is -0.187. The van der Waals surface area contributed by atoms with Gasteiger partial charge in [-0.15, -0.1) is 0 Å². The van der Waals surface area contributed by atoms with Crippen molar-refractivity contribution in [2.24, 2.45) is 0 Å². The Morgan fingerprint density at radius 1 is 1.12 bits per heavy atom. The first-order valence-electron chi connectivity index (χ1n) is 8.31. The van der Waals surface area contributed by atoms with Crippen LogP contribution in [0.15, 0.2) is 71.5 Å². The Hall–Kier alpha value is -2.40. The van der Waals surface area contributed by atoms with Gasteiger partial charge in [0.25, 0.3) is 0 Å². The molecule has 0 unspecified atom stereocenters. The van der Waals surface area contributed by atoms with E-state index in [9.17, 15) is 4.79 Å². The quantitative estimate of drug-likeness (QED) is 0.709. The lowest BCUT2D eigenvalue weighted by Gasteiger charge is -2.18. The molecule has 25 heavy (non-hydrogen) atoms. The van der Waals surface area contributed by atoms with Crippen molar-refractivity contribution in [2.75, 3.05) is 0 Å². The number of hydrogen-bond donors (Lipinski definition) is 1. The van der Waals surface area contributed by atoms with Gasteiger partial charge in [-0.2, -0.15) is 5.10 Å². The SMILES string of the molecule is O=C(Cc1cnn(-c2ccccc2)c1)NC1(c2ccc(Br)cc2)CC1. The van der Waals surface area contributed by atoms with Gasteiger partial charge < -0.3 is 5.32 Å². The van der Waals surface area contributed by atoms with E-state index in [2.05, 4.69) is 38.5 Å². The maximum Gasteiger partial charge on any atom is 0.225 e. The van der Waals surface area contributed by atoms with E-state index >= 15 is 0 Å². The molecule has 1 aromatic heterocycles. The van der Waals surface area contributed by atoms with Crippen LogP contribution in [0.1, 0.15) is 24.0 Å². The van der Waals surface area contributed by atoms with Crippen molar-refractivity contribution in [3.05, 3.63) is 82.6 Å². The van der Waals surface area contributed by atoms with Crippen LogP contribution in [0, 0.1) is 0 Å². The second-order valence-corrected chi connectivity index (χ2v) is 7.36. The minimum absolute atomic E-state index is 0.0352. The molecular formula is C20H18BrN3O. The van der Waals surface area contributed by atoms with Crippen molar-refractivity contribution >= 4 is 21.8 Å². The van der Waals surface area contributed by atoms with Crippen LogP contribution in [0.5, 0.6) is 0 Å². The molecule has 1 saturated carbocycles. The predicted octanol–water partition coefficient (Wildman–Crippen LogP) is 3.98. The second kappa shape index (κ2) is 6.48. The monoisotopic (exact) mass is 395 g/mol. The van der Waals surface area contributed by atoms with Gasteiger partial charge in [0.2, 0.25) is 5.91 Å². The number of benzene rings is 2. The summed E-state index contributed by atoms with van der Waals surface area (Å²) in [6.45, 7) is 0. The van der Waals surface area contributed by atoms with Gasteiger partial charge in [0.1, 0.15) is 0 Å². The highest BCUT2D eigenvalue weighted by Crippen LogP contribution is 2.45. The van der Waals surface area contributed by atoms with Gasteiger partial charge in [0.05, 0.1) is 23.8 Å². The number of hydrogen-bond acceptors (Lipinski definition) is 2. The van der Waals surface area contributed by atoms with E-state index in [1.807, 2.05) is 48.7 Å². The van der Waals surface area contributed by atoms with E-state index in [0.29, 0.717) is 6.42 Å². The van der Waals surface area contributed by atoms with Crippen molar-refractivity contribution in [2.45, 2.75) is 24.8 Å². The summed E-state index contributed by atoms with van der Waals surface area (Å²) < 4.78 is 2.84. The van der Waals surface area contributed by atoms with Gasteiger partial charge >= 0.3 is 0 Å². The zero-order valence-electron chi connectivity index (χ0n) is 13.7. The number of carbonyl (C=O) groups excluding carboxylic acids is 1. The third kappa shape index (κ3) is 3.51. The van der Waals surface area contributed by atoms with Crippen LogP contribution in [0.2, 0.25) is 0 Å². The lowest BCUT2D eigenvalue weighted by Crippen LogP contribution is -2.35. The molecule has 1 aliphatic carbocycles.